The molecule has 0 aliphatic heterocycles. The quantitative estimate of drug-likeness (QED) is 0.465. The molecule has 1 amide bonds. The first-order valence-electron chi connectivity index (χ1n) is 4.44. The fraction of sp³-hybridized carbons (Fsp3) is 0.300. The zero-order chi connectivity index (χ0) is 11.3. The van der Waals surface area contributed by atoms with Crippen LogP contribution in [0.2, 0.25) is 5.02 Å². The van der Waals surface area contributed by atoms with Crippen molar-refractivity contribution in [1.82, 2.24) is 5.32 Å². The molecule has 5 heteroatoms. The maximum absolute atomic E-state index is 11.6. The number of carbonyl (C=O) groups is 1. The average Bonchev–Trinajstić information content (AvgIpc) is 2.22. The van der Waals surface area contributed by atoms with Gasteiger partial charge in [-0.2, -0.15) is 0 Å². The third kappa shape index (κ3) is 4.28. The van der Waals surface area contributed by atoms with Gasteiger partial charge in [0.05, 0.1) is 5.02 Å². The predicted octanol–water partition coefficient (Wildman–Crippen LogP) is 3.66. The van der Waals surface area contributed by atoms with Crippen LogP contribution in [0, 0.1) is 0 Å². The molecule has 0 aliphatic carbocycles. The Morgan fingerprint density at radius 3 is 2.87 bits per heavy atom. The number of hydrogen-bond donors (Lipinski definition) is 1. The summed E-state index contributed by atoms with van der Waals surface area (Å²) in [6.07, 6.45) is 0.983. The van der Waals surface area contributed by atoms with Gasteiger partial charge in [-0.25, -0.2) is 0 Å². The van der Waals surface area contributed by atoms with Gasteiger partial charge in [-0.15, -0.1) is 0 Å². The van der Waals surface area contributed by atoms with Gasteiger partial charge < -0.3 is 5.32 Å². The lowest BCUT2D eigenvalue weighted by Gasteiger charge is -2.04. The molecule has 0 atom stereocenters. The monoisotopic (exact) mass is 401 g/mol. The van der Waals surface area contributed by atoms with Gasteiger partial charge in [0.25, 0.3) is 5.91 Å². The SMILES string of the molecule is O=C(NCCCI)c1ccc(Br)c(Cl)c1. The molecule has 1 N–H and O–H groups in total. The number of hydrogen-bond acceptors (Lipinski definition) is 1. The number of halogens is 3. The second kappa shape index (κ2) is 6.70. The highest BCUT2D eigenvalue weighted by molar-refractivity contribution is 14.1. The van der Waals surface area contributed by atoms with Crippen LogP contribution in [-0.2, 0) is 0 Å². The van der Waals surface area contributed by atoms with E-state index in [4.69, 9.17) is 11.6 Å². The summed E-state index contributed by atoms with van der Waals surface area (Å²) in [5.74, 6) is -0.0748. The Bertz CT molecular complexity index is 359. The zero-order valence-electron chi connectivity index (χ0n) is 7.90. The molecule has 0 bridgehead atoms. The van der Waals surface area contributed by atoms with Crippen LogP contribution in [0.1, 0.15) is 16.8 Å². The zero-order valence-corrected chi connectivity index (χ0v) is 12.4. The van der Waals surface area contributed by atoms with Crippen molar-refractivity contribution in [3.05, 3.63) is 33.3 Å². The van der Waals surface area contributed by atoms with E-state index in [2.05, 4.69) is 43.8 Å². The molecule has 0 aliphatic rings. The van der Waals surface area contributed by atoms with Crippen molar-refractivity contribution in [3.63, 3.8) is 0 Å². The van der Waals surface area contributed by atoms with Crippen LogP contribution in [0.3, 0.4) is 0 Å². The van der Waals surface area contributed by atoms with E-state index < -0.39 is 0 Å². The van der Waals surface area contributed by atoms with Crippen molar-refractivity contribution in [3.8, 4) is 0 Å². The summed E-state index contributed by atoms with van der Waals surface area (Å²) >= 11 is 11.4. The highest BCUT2D eigenvalue weighted by Crippen LogP contribution is 2.23. The molecule has 0 aromatic heterocycles. The van der Waals surface area contributed by atoms with Crippen LogP contribution in [0.4, 0.5) is 0 Å². The molecule has 1 rings (SSSR count). The summed E-state index contributed by atoms with van der Waals surface area (Å²) in [7, 11) is 0. The Kier molecular flexibility index (Phi) is 5.92. The molecular formula is C10H10BrClINO. The van der Waals surface area contributed by atoms with Gasteiger partial charge in [0.1, 0.15) is 0 Å². The van der Waals surface area contributed by atoms with Crippen LogP contribution < -0.4 is 5.32 Å². The molecule has 1 aromatic carbocycles. The number of nitrogens with one attached hydrogen (secondary N) is 1. The minimum atomic E-state index is -0.0748. The third-order valence-electron chi connectivity index (χ3n) is 1.78. The highest BCUT2D eigenvalue weighted by atomic mass is 127. The Labute approximate surface area is 116 Å². The summed E-state index contributed by atoms with van der Waals surface area (Å²) in [5, 5.41) is 3.38. The molecule has 1 aromatic rings. The average molecular weight is 402 g/mol. The molecular weight excluding hydrogens is 392 g/mol. The number of rotatable bonds is 4. The largest absolute Gasteiger partial charge is 0.352 e. The number of amides is 1. The lowest BCUT2D eigenvalue weighted by Crippen LogP contribution is -2.24. The second-order valence-electron chi connectivity index (χ2n) is 2.93. The van der Waals surface area contributed by atoms with Gasteiger partial charge in [0.15, 0.2) is 0 Å². The topological polar surface area (TPSA) is 29.1 Å². The molecule has 15 heavy (non-hydrogen) atoms. The maximum atomic E-state index is 11.6. The van der Waals surface area contributed by atoms with E-state index in [0.29, 0.717) is 17.1 Å². The molecule has 82 valence electrons. The Morgan fingerprint density at radius 1 is 1.53 bits per heavy atom. The first-order valence-corrected chi connectivity index (χ1v) is 7.14. The highest BCUT2D eigenvalue weighted by Gasteiger charge is 2.06. The van der Waals surface area contributed by atoms with E-state index in [0.717, 1.165) is 15.3 Å². The fourth-order valence-corrected chi connectivity index (χ4v) is 1.82. The van der Waals surface area contributed by atoms with Crippen molar-refractivity contribution >= 4 is 56.0 Å². The molecule has 0 saturated carbocycles. The fourth-order valence-electron chi connectivity index (χ4n) is 1.01. The summed E-state index contributed by atoms with van der Waals surface area (Å²) in [6.45, 7) is 0.704. The first kappa shape index (κ1) is 13.3. The lowest BCUT2D eigenvalue weighted by molar-refractivity contribution is 0.0954. The molecule has 2 nitrogen and oxygen atoms in total. The summed E-state index contributed by atoms with van der Waals surface area (Å²) in [6, 6.07) is 5.18. The van der Waals surface area contributed by atoms with Gasteiger partial charge in [0.2, 0.25) is 0 Å². The molecule has 0 unspecified atom stereocenters. The molecule has 0 radical (unpaired) electrons. The van der Waals surface area contributed by atoms with E-state index in [1.54, 1.807) is 18.2 Å². The van der Waals surface area contributed by atoms with E-state index >= 15 is 0 Å². The van der Waals surface area contributed by atoms with Crippen molar-refractivity contribution in [2.24, 2.45) is 0 Å². The summed E-state index contributed by atoms with van der Waals surface area (Å²) in [4.78, 5) is 11.6. The molecule has 0 heterocycles. The minimum Gasteiger partial charge on any atom is -0.352 e. The smallest absolute Gasteiger partial charge is 0.251 e. The Morgan fingerprint density at radius 2 is 2.27 bits per heavy atom. The first-order chi connectivity index (χ1) is 7.15. The van der Waals surface area contributed by atoms with Crippen LogP contribution in [0.5, 0.6) is 0 Å². The van der Waals surface area contributed by atoms with E-state index in [1.807, 2.05) is 0 Å². The Hall–Kier alpha value is 0.190. The molecule has 0 saturated heterocycles. The van der Waals surface area contributed by atoms with Crippen LogP contribution in [0.25, 0.3) is 0 Å². The van der Waals surface area contributed by atoms with Gasteiger partial charge in [-0.05, 0) is 40.5 Å². The van der Waals surface area contributed by atoms with E-state index in [9.17, 15) is 4.79 Å². The summed E-state index contributed by atoms with van der Waals surface area (Å²) in [5.41, 5.74) is 0.594. The van der Waals surface area contributed by atoms with E-state index in [1.165, 1.54) is 0 Å². The van der Waals surface area contributed by atoms with Gasteiger partial charge >= 0.3 is 0 Å². The van der Waals surface area contributed by atoms with Crippen LogP contribution >= 0.6 is 50.1 Å². The third-order valence-corrected chi connectivity index (χ3v) is 3.77. The normalized spacial score (nSPS) is 10.1. The number of benzene rings is 1. The van der Waals surface area contributed by atoms with Crippen molar-refractivity contribution in [1.29, 1.82) is 0 Å². The van der Waals surface area contributed by atoms with Gasteiger partial charge in [-0.3, -0.25) is 4.79 Å². The predicted molar refractivity (Wildman–Crippen MR) is 75.0 cm³/mol. The number of carbonyl (C=O) groups excluding carboxylic acids is 1. The van der Waals surface area contributed by atoms with Crippen LogP contribution in [0.15, 0.2) is 22.7 Å². The molecule has 0 spiro atoms. The standard InChI is InChI=1S/C10H10BrClINO/c11-8-3-2-7(6-9(8)12)10(15)14-5-1-4-13/h2-3,6H,1,4-5H2,(H,14,15). The van der Waals surface area contributed by atoms with E-state index in [-0.39, 0.29) is 5.91 Å². The molecule has 0 fully saturated rings. The van der Waals surface area contributed by atoms with Crippen molar-refractivity contribution in [2.45, 2.75) is 6.42 Å². The minimum absolute atomic E-state index is 0.0748. The van der Waals surface area contributed by atoms with Crippen molar-refractivity contribution in [2.75, 3.05) is 11.0 Å². The van der Waals surface area contributed by atoms with Gasteiger partial charge in [-0.1, -0.05) is 34.2 Å². The second-order valence-corrected chi connectivity index (χ2v) is 5.27. The maximum Gasteiger partial charge on any atom is 0.251 e. The van der Waals surface area contributed by atoms with Gasteiger partial charge in [0, 0.05) is 21.0 Å². The lowest BCUT2D eigenvalue weighted by atomic mass is 10.2. The Balaban J connectivity index is 2.62. The van der Waals surface area contributed by atoms with Crippen LogP contribution in [-0.4, -0.2) is 16.9 Å². The number of alkyl halides is 1. The van der Waals surface area contributed by atoms with Crippen molar-refractivity contribution < 1.29 is 4.79 Å². The summed E-state index contributed by atoms with van der Waals surface area (Å²) < 4.78 is 1.84.